The van der Waals surface area contributed by atoms with Crippen LogP contribution >= 0.6 is 0 Å². The van der Waals surface area contributed by atoms with Crippen LogP contribution in [-0.2, 0) is 4.74 Å². The lowest BCUT2D eigenvalue weighted by molar-refractivity contribution is 0.0752. The molecule has 1 unspecified atom stereocenters. The highest BCUT2D eigenvalue weighted by molar-refractivity contribution is 5.93. The summed E-state index contributed by atoms with van der Waals surface area (Å²) in [6, 6.07) is 0. The summed E-state index contributed by atoms with van der Waals surface area (Å²) in [5, 5.41) is 0. The predicted octanol–water partition coefficient (Wildman–Crippen LogP) is 1.54. The van der Waals surface area contributed by atoms with Crippen molar-refractivity contribution in [1.29, 1.82) is 0 Å². The van der Waals surface area contributed by atoms with Crippen molar-refractivity contribution >= 4 is 5.91 Å². The molecule has 1 amide bonds. The number of likely N-dealkylation sites (tertiary alicyclic amines) is 1. The number of rotatable bonds is 6. The maximum Gasteiger partial charge on any atom is 0.263 e. The van der Waals surface area contributed by atoms with Crippen LogP contribution in [0, 0.1) is 5.92 Å². The molecular formula is C16H23N3O3. The minimum atomic E-state index is -0.312. The van der Waals surface area contributed by atoms with Crippen molar-refractivity contribution in [2.75, 3.05) is 26.3 Å². The Bertz CT molecular complexity index is 595. The predicted molar refractivity (Wildman–Crippen MR) is 82.0 cm³/mol. The number of nitrogens with zero attached hydrogens (tertiary/aromatic N) is 2. The maximum absolute atomic E-state index is 12.5. The zero-order chi connectivity index (χ0) is 15.5. The highest BCUT2D eigenvalue weighted by Crippen LogP contribution is 2.37. The van der Waals surface area contributed by atoms with E-state index in [4.69, 9.17) is 4.74 Å². The molecule has 6 nitrogen and oxygen atoms in total. The summed E-state index contributed by atoms with van der Waals surface area (Å²) in [5.74, 6) is 1.25. The Labute approximate surface area is 129 Å². The maximum atomic E-state index is 12.5. The van der Waals surface area contributed by atoms with Crippen LogP contribution in [0.15, 0.2) is 11.0 Å². The highest BCUT2D eigenvalue weighted by atomic mass is 16.5. The van der Waals surface area contributed by atoms with Gasteiger partial charge >= 0.3 is 0 Å². The summed E-state index contributed by atoms with van der Waals surface area (Å²) in [4.78, 5) is 33.3. The van der Waals surface area contributed by atoms with Crippen LogP contribution in [0.4, 0.5) is 0 Å². The van der Waals surface area contributed by atoms with Gasteiger partial charge in [-0.3, -0.25) is 9.59 Å². The molecule has 1 atom stereocenters. The van der Waals surface area contributed by atoms with Gasteiger partial charge in [0.2, 0.25) is 0 Å². The summed E-state index contributed by atoms with van der Waals surface area (Å²) in [6.45, 7) is 4.87. The lowest BCUT2D eigenvalue weighted by atomic mass is 10.1. The van der Waals surface area contributed by atoms with E-state index in [1.165, 1.54) is 6.20 Å². The molecule has 1 aliphatic carbocycles. The van der Waals surface area contributed by atoms with Gasteiger partial charge in [-0.05, 0) is 25.7 Å². The fourth-order valence-electron chi connectivity index (χ4n) is 2.84. The molecule has 1 N–H and O–H groups in total. The summed E-state index contributed by atoms with van der Waals surface area (Å²) in [7, 11) is 0. The van der Waals surface area contributed by atoms with E-state index in [1.54, 1.807) is 4.90 Å². The minimum absolute atomic E-state index is 0.152. The number of carbonyl (C=O) groups excluding carboxylic acids is 1. The molecule has 1 saturated carbocycles. The second kappa shape index (κ2) is 6.60. The molecule has 3 rings (SSSR count). The number of hydrogen-bond donors (Lipinski definition) is 1. The zero-order valence-corrected chi connectivity index (χ0v) is 13.0. The van der Waals surface area contributed by atoms with Crippen LogP contribution in [0.25, 0.3) is 0 Å². The van der Waals surface area contributed by atoms with E-state index in [-0.39, 0.29) is 17.0 Å². The molecule has 22 heavy (non-hydrogen) atoms. The van der Waals surface area contributed by atoms with Gasteiger partial charge in [-0.25, -0.2) is 4.98 Å². The number of aromatic amines is 1. The molecule has 2 fully saturated rings. The Hall–Kier alpha value is -1.69. The summed E-state index contributed by atoms with van der Waals surface area (Å²) in [5.41, 5.74) is -0.160. The van der Waals surface area contributed by atoms with Gasteiger partial charge < -0.3 is 14.6 Å². The molecule has 2 heterocycles. The van der Waals surface area contributed by atoms with Gasteiger partial charge in [0.15, 0.2) is 0 Å². The van der Waals surface area contributed by atoms with Crippen molar-refractivity contribution in [1.82, 2.24) is 14.9 Å². The fourth-order valence-corrected chi connectivity index (χ4v) is 2.84. The Morgan fingerprint density at radius 2 is 2.27 bits per heavy atom. The van der Waals surface area contributed by atoms with Crippen molar-refractivity contribution in [3.63, 3.8) is 0 Å². The standard InChI is InChI=1S/C16H23N3O3/c1-2-7-22-10-11-5-6-19(9-11)16(21)13-8-17-14(12-3-4-12)18-15(13)20/h8,11-12H,2-7,9-10H2,1H3,(H,17,18,20). The summed E-state index contributed by atoms with van der Waals surface area (Å²) >= 11 is 0. The van der Waals surface area contributed by atoms with E-state index in [0.717, 1.165) is 32.3 Å². The Kier molecular flexibility index (Phi) is 4.57. The molecule has 0 bridgehead atoms. The van der Waals surface area contributed by atoms with Crippen molar-refractivity contribution in [3.8, 4) is 0 Å². The summed E-state index contributed by atoms with van der Waals surface area (Å²) < 4.78 is 5.56. The summed E-state index contributed by atoms with van der Waals surface area (Å²) in [6.07, 6.45) is 5.52. The number of carbonyl (C=O) groups is 1. The third kappa shape index (κ3) is 3.38. The van der Waals surface area contributed by atoms with Crippen LogP contribution in [-0.4, -0.2) is 47.1 Å². The van der Waals surface area contributed by atoms with Gasteiger partial charge in [0.1, 0.15) is 11.4 Å². The van der Waals surface area contributed by atoms with E-state index in [1.807, 2.05) is 0 Å². The van der Waals surface area contributed by atoms with Crippen molar-refractivity contribution in [2.24, 2.45) is 5.92 Å². The molecular weight excluding hydrogens is 282 g/mol. The number of ether oxygens (including phenoxy) is 1. The molecule has 0 spiro atoms. The van der Waals surface area contributed by atoms with Crippen LogP contribution < -0.4 is 5.56 Å². The highest BCUT2D eigenvalue weighted by Gasteiger charge is 2.30. The van der Waals surface area contributed by atoms with Crippen LogP contribution in [0.1, 0.15) is 54.7 Å². The molecule has 1 aromatic heterocycles. The monoisotopic (exact) mass is 305 g/mol. The zero-order valence-electron chi connectivity index (χ0n) is 13.0. The molecule has 2 aliphatic rings. The molecule has 1 saturated heterocycles. The quantitative estimate of drug-likeness (QED) is 0.809. The van der Waals surface area contributed by atoms with Crippen LogP contribution in [0.5, 0.6) is 0 Å². The molecule has 0 aromatic carbocycles. The molecule has 120 valence electrons. The van der Waals surface area contributed by atoms with E-state index < -0.39 is 0 Å². The number of nitrogens with one attached hydrogen (secondary N) is 1. The second-order valence-electron chi connectivity index (χ2n) is 6.27. The smallest absolute Gasteiger partial charge is 0.263 e. The van der Waals surface area contributed by atoms with Crippen LogP contribution in [0.2, 0.25) is 0 Å². The number of H-pyrrole nitrogens is 1. The van der Waals surface area contributed by atoms with Gasteiger partial charge in [0.25, 0.3) is 11.5 Å². The first-order chi connectivity index (χ1) is 10.7. The van der Waals surface area contributed by atoms with E-state index in [0.29, 0.717) is 37.4 Å². The Balaban J connectivity index is 1.61. The second-order valence-corrected chi connectivity index (χ2v) is 6.27. The average molecular weight is 305 g/mol. The van der Waals surface area contributed by atoms with Gasteiger partial charge in [-0.1, -0.05) is 6.92 Å². The number of amides is 1. The first-order valence-electron chi connectivity index (χ1n) is 8.15. The van der Waals surface area contributed by atoms with E-state index in [9.17, 15) is 9.59 Å². The van der Waals surface area contributed by atoms with E-state index in [2.05, 4.69) is 16.9 Å². The number of hydrogen-bond acceptors (Lipinski definition) is 4. The van der Waals surface area contributed by atoms with Crippen molar-refractivity contribution in [3.05, 3.63) is 27.9 Å². The third-order valence-electron chi connectivity index (χ3n) is 4.29. The van der Waals surface area contributed by atoms with Crippen molar-refractivity contribution < 1.29 is 9.53 Å². The largest absolute Gasteiger partial charge is 0.381 e. The van der Waals surface area contributed by atoms with Crippen LogP contribution in [0.3, 0.4) is 0 Å². The van der Waals surface area contributed by atoms with Gasteiger partial charge in [0.05, 0.1) is 6.61 Å². The third-order valence-corrected chi connectivity index (χ3v) is 4.29. The topological polar surface area (TPSA) is 75.3 Å². The first kappa shape index (κ1) is 15.2. The lowest BCUT2D eigenvalue weighted by Gasteiger charge is -2.16. The minimum Gasteiger partial charge on any atom is -0.381 e. The molecule has 1 aliphatic heterocycles. The van der Waals surface area contributed by atoms with E-state index >= 15 is 0 Å². The van der Waals surface area contributed by atoms with Gasteiger partial charge in [-0.2, -0.15) is 0 Å². The molecule has 1 aromatic rings. The number of aromatic nitrogens is 2. The molecule has 6 heteroatoms. The normalized spacial score (nSPS) is 21.3. The molecule has 0 radical (unpaired) electrons. The Morgan fingerprint density at radius 3 is 2.95 bits per heavy atom. The average Bonchev–Trinajstić information content (AvgIpc) is 3.26. The fraction of sp³-hybridized carbons (Fsp3) is 0.688. The Morgan fingerprint density at radius 1 is 1.45 bits per heavy atom. The van der Waals surface area contributed by atoms with Gasteiger partial charge in [0, 0.05) is 37.7 Å². The first-order valence-corrected chi connectivity index (χ1v) is 8.15. The SMILES string of the molecule is CCCOCC1CCN(C(=O)c2cnc(C3CC3)[nH]c2=O)C1. The van der Waals surface area contributed by atoms with Gasteiger partial charge in [-0.15, -0.1) is 0 Å². The van der Waals surface area contributed by atoms with Crippen molar-refractivity contribution in [2.45, 2.75) is 38.5 Å². The lowest BCUT2D eigenvalue weighted by Crippen LogP contribution is -2.34.